The monoisotopic (exact) mass is 311 g/mol. The van der Waals surface area contributed by atoms with Gasteiger partial charge >= 0.3 is 6.09 Å². The van der Waals surface area contributed by atoms with Crippen molar-refractivity contribution >= 4 is 6.09 Å². The summed E-state index contributed by atoms with van der Waals surface area (Å²) in [4.78, 5) is 11.7. The lowest BCUT2D eigenvalue weighted by Crippen LogP contribution is -2.51. The summed E-state index contributed by atoms with van der Waals surface area (Å²) in [7, 11) is 0. The maximum absolute atomic E-state index is 11.7. The molecular weight excluding hydrogens is 286 g/mol. The maximum atomic E-state index is 11.7. The minimum Gasteiger partial charge on any atom is -0.445 e. The molecule has 0 saturated heterocycles. The number of alkyl carbamates (subject to hydrolysis) is 1. The summed E-state index contributed by atoms with van der Waals surface area (Å²) in [6, 6.07) is 9.36. The number of rotatable bonds is 9. The summed E-state index contributed by atoms with van der Waals surface area (Å²) >= 11 is 0. The summed E-state index contributed by atoms with van der Waals surface area (Å²) < 4.78 is 15.8. The molecule has 6 heteroatoms. The Morgan fingerprint density at radius 3 is 2.36 bits per heavy atom. The van der Waals surface area contributed by atoms with Crippen LogP contribution in [-0.4, -0.2) is 42.8 Å². The molecule has 1 rings (SSSR count). The third-order valence-electron chi connectivity index (χ3n) is 2.95. The third kappa shape index (κ3) is 6.43. The molecule has 0 aliphatic heterocycles. The Morgan fingerprint density at radius 1 is 1.23 bits per heavy atom. The first-order valence-electron chi connectivity index (χ1n) is 7.39. The molecule has 0 saturated carbocycles. The van der Waals surface area contributed by atoms with E-state index in [0.29, 0.717) is 13.2 Å². The number of carbonyl (C=O) groups is 1. The van der Waals surface area contributed by atoms with Crippen LogP contribution in [0.1, 0.15) is 26.3 Å². The van der Waals surface area contributed by atoms with Crippen molar-refractivity contribution in [1.29, 1.82) is 0 Å². The van der Waals surface area contributed by atoms with E-state index in [-0.39, 0.29) is 13.2 Å². The largest absolute Gasteiger partial charge is 0.445 e. The number of amides is 1. The van der Waals surface area contributed by atoms with Crippen LogP contribution in [0.3, 0.4) is 0 Å². The Kier molecular flexibility index (Phi) is 7.87. The van der Waals surface area contributed by atoms with Crippen LogP contribution in [0.4, 0.5) is 4.79 Å². The van der Waals surface area contributed by atoms with E-state index < -0.39 is 18.0 Å². The van der Waals surface area contributed by atoms with Crippen molar-refractivity contribution in [1.82, 2.24) is 5.32 Å². The molecule has 1 aromatic rings. The van der Waals surface area contributed by atoms with Gasteiger partial charge in [-0.15, -0.1) is 0 Å². The number of hydrogen-bond acceptors (Lipinski definition) is 5. The second kappa shape index (κ2) is 9.40. The van der Waals surface area contributed by atoms with Crippen molar-refractivity contribution in [2.45, 2.75) is 39.3 Å². The SMILES string of the molecule is CCOC(OCC)[C@](C)(O)CNC(=O)OCc1ccccc1. The quantitative estimate of drug-likeness (QED) is 0.683. The minimum absolute atomic E-state index is 0.0364. The molecule has 22 heavy (non-hydrogen) atoms. The van der Waals surface area contributed by atoms with E-state index in [2.05, 4.69) is 5.32 Å². The number of benzene rings is 1. The number of carbonyl (C=O) groups excluding carboxylic acids is 1. The highest BCUT2D eigenvalue weighted by atomic mass is 16.7. The Morgan fingerprint density at radius 2 is 1.82 bits per heavy atom. The molecule has 1 amide bonds. The summed E-state index contributed by atoms with van der Waals surface area (Å²) in [6.45, 7) is 6.10. The van der Waals surface area contributed by atoms with Crippen molar-refractivity contribution in [2.24, 2.45) is 0 Å². The summed E-state index contributed by atoms with van der Waals surface area (Å²) in [5, 5.41) is 12.9. The van der Waals surface area contributed by atoms with Gasteiger partial charge in [0.25, 0.3) is 0 Å². The van der Waals surface area contributed by atoms with E-state index in [1.165, 1.54) is 0 Å². The van der Waals surface area contributed by atoms with E-state index in [1.807, 2.05) is 44.2 Å². The van der Waals surface area contributed by atoms with Gasteiger partial charge in [0, 0.05) is 13.2 Å². The van der Waals surface area contributed by atoms with Crippen molar-refractivity contribution in [3.63, 3.8) is 0 Å². The zero-order valence-corrected chi connectivity index (χ0v) is 13.4. The van der Waals surface area contributed by atoms with E-state index in [0.717, 1.165) is 5.56 Å². The third-order valence-corrected chi connectivity index (χ3v) is 2.95. The van der Waals surface area contributed by atoms with Crippen LogP contribution in [-0.2, 0) is 20.8 Å². The molecule has 0 bridgehead atoms. The Hall–Kier alpha value is -1.63. The van der Waals surface area contributed by atoms with Gasteiger partial charge in [0.05, 0.1) is 6.54 Å². The van der Waals surface area contributed by atoms with Crippen molar-refractivity contribution in [3.05, 3.63) is 35.9 Å². The fourth-order valence-electron chi connectivity index (χ4n) is 1.82. The summed E-state index contributed by atoms with van der Waals surface area (Å²) in [6.07, 6.45) is -1.41. The molecular formula is C16H25NO5. The van der Waals surface area contributed by atoms with Gasteiger partial charge in [-0.2, -0.15) is 0 Å². The van der Waals surface area contributed by atoms with Gasteiger partial charge in [-0.25, -0.2) is 4.79 Å². The Labute approximate surface area is 131 Å². The molecule has 2 N–H and O–H groups in total. The predicted octanol–water partition coefficient (Wildman–Crippen LogP) is 2.06. The van der Waals surface area contributed by atoms with Crippen LogP contribution < -0.4 is 5.32 Å². The first kappa shape index (κ1) is 18.4. The number of hydrogen-bond donors (Lipinski definition) is 2. The fourth-order valence-corrected chi connectivity index (χ4v) is 1.82. The molecule has 124 valence electrons. The topological polar surface area (TPSA) is 77.0 Å². The van der Waals surface area contributed by atoms with Crippen LogP contribution in [0.25, 0.3) is 0 Å². The highest BCUT2D eigenvalue weighted by molar-refractivity contribution is 5.67. The standard InChI is InChI=1S/C16H25NO5/c1-4-20-14(21-5-2)16(3,19)12-17-15(18)22-11-13-9-7-6-8-10-13/h6-10,14,19H,4-5,11-12H2,1-3H3,(H,17,18)/t16-/m1/s1. The molecule has 1 atom stereocenters. The van der Waals surface area contributed by atoms with E-state index in [9.17, 15) is 9.90 Å². The molecule has 0 radical (unpaired) electrons. The van der Waals surface area contributed by atoms with Gasteiger partial charge in [0.15, 0.2) is 6.29 Å². The van der Waals surface area contributed by atoms with Crippen LogP contribution in [0.2, 0.25) is 0 Å². The summed E-state index contributed by atoms with van der Waals surface area (Å²) in [5.74, 6) is 0. The van der Waals surface area contributed by atoms with Crippen molar-refractivity contribution < 1.29 is 24.1 Å². The van der Waals surface area contributed by atoms with Crippen molar-refractivity contribution in [2.75, 3.05) is 19.8 Å². The van der Waals surface area contributed by atoms with Crippen molar-refractivity contribution in [3.8, 4) is 0 Å². The second-order valence-electron chi connectivity index (χ2n) is 5.02. The lowest BCUT2D eigenvalue weighted by molar-refractivity contribution is -0.226. The minimum atomic E-state index is -1.35. The van der Waals surface area contributed by atoms with Crippen LogP contribution in [0.15, 0.2) is 30.3 Å². The molecule has 0 spiro atoms. The second-order valence-corrected chi connectivity index (χ2v) is 5.02. The molecule has 0 aliphatic rings. The average molecular weight is 311 g/mol. The lowest BCUT2D eigenvalue weighted by Gasteiger charge is -2.32. The summed E-state index contributed by atoms with van der Waals surface area (Å²) in [5.41, 5.74) is -0.455. The van der Waals surface area contributed by atoms with Crippen LogP contribution in [0.5, 0.6) is 0 Å². The molecule has 0 unspecified atom stereocenters. The van der Waals surface area contributed by atoms with Gasteiger partial charge < -0.3 is 24.6 Å². The smallest absolute Gasteiger partial charge is 0.407 e. The van der Waals surface area contributed by atoms with Gasteiger partial charge in [-0.05, 0) is 26.3 Å². The van der Waals surface area contributed by atoms with E-state index >= 15 is 0 Å². The molecule has 1 aromatic carbocycles. The van der Waals surface area contributed by atoms with E-state index in [1.54, 1.807) is 6.92 Å². The molecule has 0 aromatic heterocycles. The molecule has 0 heterocycles. The normalized spacial score (nSPS) is 13.7. The number of aliphatic hydroxyl groups is 1. The lowest BCUT2D eigenvalue weighted by atomic mass is 10.1. The highest BCUT2D eigenvalue weighted by Gasteiger charge is 2.34. The Bertz CT molecular complexity index is 429. The van der Waals surface area contributed by atoms with Crippen LogP contribution in [0, 0.1) is 0 Å². The van der Waals surface area contributed by atoms with Gasteiger partial charge in [-0.3, -0.25) is 0 Å². The highest BCUT2D eigenvalue weighted by Crippen LogP contribution is 2.14. The zero-order chi connectivity index (χ0) is 16.4. The fraction of sp³-hybridized carbons (Fsp3) is 0.562. The maximum Gasteiger partial charge on any atom is 0.407 e. The first-order chi connectivity index (χ1) is 10.5. The predicted molar refractivity (Wildman–Crippen MR) is 82.3 cm³/mol. The average Bonchev–Trinajstić information content (AvgIpc) is 2.52. The van der Waals surface area contributed by atoms with Gasteiger partial charge in [0.1, 0.15) is 12.2 Å². The zero-order valence-electron chi connectivity index (χ0n) is 13.4. The Balaban J connectivity index is 2.40. The van der Waals surface area contributed by atoms with Gasteiger partial charge in [0.2, 0.25) is 0 Å². The van der Waals surface area contributed by atoms with E-state index in [4.69, 9.17) is 14.2 Å². The van der Waals surface area contributed by atoms with Crippen LogP contribution >= 0.6 is 0 Å². The number of ether oxygens (including phenoxy) is 3. The molecule has 0 aliphatic carbocycles. The first-order valence-corrected chi connectivity index (χ1v) is 7.39. The number of nitrogens with one attached hydrogen (secondary N) is 1. The molecule has 6 nitrogen and oxygen atoms in total. The molecule has 0 fully saturated rings. The van der Waals surface area contributed by atoms with Gasteiger partial charge in [-0.1, -0.05) is 30.3 Å².